The van der Waals surface area contributed by atoms with E-state index in [4.69, 9.17) is 15.2 Å². The summed E-state index contributed by atoms with van der Waals surface area (Å²) in [6.45, 7) is 9.45. The van der Waals surface area contributed by atoms with Gasteiger partial charge in [0, 0.05) is 51.1 Å². The van der Waals surface area contributed by atoms with Gasteiger partial charge >= 0.3 is 0 Å². The van der Waals surface area contributed by atoms with E-state index in [9.17, 15) is 9.59 Å². The SMILES string of the molecule is CC(=O)SC(C)(C)CC(=O)NCCCOCCCCOCCCN. The van der Waals surface area contributed by atoms with Gasteiger partial charge in [0.15, 0.2) is 5.12 Å². The van der Waals surface area contributed by atoms with Crippen LogP contribution in [0.2, 0.25) is 0 Å². The first-order valence-electron chi connectivity index (χ1n) is 8.69. The van der Waals surface area contributed by atoms with Crippen LogP contribution >= 0.6 is 11.8 Å². The highest BCUT2D eigenvalue weighted by Gasteiger charge is 2.24. The lowest BCUT2D eigenvalue weighted by atomic mass is 10.1. The molecule has 0 heterocycles. The molecule has 7 heteroatoms. The first-order chi connectivity index (χ1) is 11.4. The summed E-state index contributed by atoms with van der Waals surface area (Å²) in [7, 11) is 0. The molecule has 0 unspecified atom stereocenters. The first-order valence-corrected chi connectivity index (χ1v) is 9.51. The summed E-state index contributed by atoms with van der Waals surface area (Å²) in [6.07, 6.45) is 4.00. The third-order valence-corrected chi connectivity index (χ3v) is 4.10. The Morgan fingerprint density at radius 1 is 1.00 bits per heavy atom. The second-order valence-electron chi connectivity index (χ2n) is 6.31. The van der Waals surface area contributed by atoms with E-state index in [0.29, 0.717) is 26.1 Å². The average Bonchev–Trinajstić information content (AvgIpc) is 2.46. The number of carbonyl (C=O) groups excluding carboxylic acids is 2. The van der Waals surface area contributed by atoms with Crippen LogP contribution in [0.3, 0.4) is 0 Å². The normalized spacial score (nSPS) is 11.5. The van der Waals surface area contributed by atoms with E-state index in [-0.39, 0.29) is 15.8 Å². The van der Waals surface area contributed by atoms with Crippen LogP contribution in [0, 0.1) is 0 Å². The zero-order chi connectivity index (χ0) is 18.3. The van der Waals surface area contributed by atoms with Gasteiger partial charge in [0.2, 0.25) is 5.91 Å². The van der Waals surface area contributed by atoms with Crippen LogP contribution in [0.4, 0.5) is 0 Å². The van der Waals surface area contributed by atoms with E-state index in [2.05, 4.69) is 5.32 Å². The highest BCUT2D eigenvalue weighted by molar-refractivity contribution is 8.14. The predicted octanol–water partition coefficient (Wildman–Crippen LogP) is 2.10. The Balaban J connectivity index is 3.41. The standard InChI is InChI=1S/C17H34N2O4S/c1-15(20)24-17(2,3)14-16(21)19-9-7-13-23-11-5-4-10-22-12-6-8-18/h4-14,18H2,1-3H3,(H,19,21). The molecule has 0 aromatic rings. The van der Waals surface area contributed by atoms with E-state index in [1.165, 1.54) is 18.7 Å². The fourth-order valence-corrected chi connectivity index (χ4v) is 3.06. The molecule has 6 nitrogen and oxygen atoms in total. The Morgan fingerprint density at radius 3 is 2.08 bits per heavy atom. The van der Waals surface area contributed by atoms with Crippen molar-refractivity contribution in [1.82, 2.24) is 5.32 Å². The van der Waals surface area contributed by atoms with Crippen LogP contribution in [0.15, 0.2) is 0 Å². The van der Waals surface area contributed by atoms with E-state index < -0.39 is 0 Å². The number of nitrogens with one attached hydrogen (secondary N) is 1. The van der Waals surface area contributed by atoms with Gasteiger partial charge in [0.25, 0.3) is 0 Å². The van der Waals surface area contributed by atoms with Crippen LogP contribution in [-0.4, -0.2) is 55.3 Å². The van der Waals surface area contributed by atoms with Gasteiger partial charge in [-0.25, -0.2) is 0 Å². The summed E-state index contributed by atoms with van der Waals surface area (Å²) in [4.78, 5) is 22.9. The number of hydrogen-bond donors (Lipinski definition) is 2. The quantitative estimate of drug-likeness (QED) is 0.434. The molecule has 0 fully saturated rings. The molecule has 0 saturated heterocycles. The largest absolute Gasteiger partial charge is 0.381 e. The number of rotatable bonds is 15. The van der Waals surface area contributed by atoms with Gasteiger partial charge in [-0.05, 0) is 46.1 Å². The van der Waals surface area contributed by atoms with Gasteiger partial charge < -0.3 is 20.5 Å². The Bertz CT molecular complexity index is 351. The Kier molecular flexibility index (Phi) is 14.3. The van der Waals surface area contributed by atoms with Gasteiger partial charge in [-0.2, -0.15) is 0 Å². The average molecular weight is 363 g/mol. The number of unbranched alkanes of at least 4 members (excludes halogenated alkanes) is 1. The number of carbonyl (C=O) groups is 2. The number of nitrogens with two attached hydrogens (primary N) is 1. The molecule has 24 heavy (non-hydrogen) atoms. The molecule has 0 spiro atoms. The molecule has 0 saturated carbocycles. The highest BCUT2D eigenvalue weighted by atomic mass is 32.2. The molecule has 0 bridgehead atoms. The molecule has 0 rings (SSSR count). The zero-order valence-corrected chi connectivity index (χ0v) is 16.2. The molecule has 0 aromatic heterocycles. The minimum atomic E-state index is -0.362. The summed E-state index contributed by atoms with van der Waals surface area (Å²) >= 11 is 1.21. The second-order valence-corrected chi connectivity index (χ2v) is 8.19. The van der Waals surface area contributed by atoms with Crippen molar-refractivity contribution in [2.45, 2.75) is 57.6 Å². The van der Waals surface area contributed by atoms with Gasteiger partial charge in [-0.1, -0.05) is 11.8 Å². The fraction of sp³-hybridized carbons (Fsp3) is 0.882. The van der Waals surface area contributed by atoms with Crippen LogP contribution in [0.25, 0.3) is 0 Å². The third kappa shape index (κ3) is 16.2. The topological polar surface area (TPSA) is 90.7 Å². The lowest BCUT2D eigenvalue weighted by molar-refractivity contribution is -0.121. The van der Waals surface area contributed by atoms with Gasteiger partial charge in [-0.3, -0.25) is 9.59 Å². The Hall–Kier alpha value is -0.630. The Morgan fingerprint density at radius 2 is 1.54 bits per heavy atom. The monoisotopic (exact) mass is 362 g/mol. The molecule has 1 amide bonds. The fourth-order valence-electron chi connectivity index (χ4n) is 2.07. The van der Waals surface area contributed by atoms with Gasteiger partial charge in [-0.15, -0.1) is 0 Å². The van der Waals surface area contributed by atoms with E-state index >= 15 is 0 Å². The van der Waals surface area contributed by atoms with Crippen molar-refractivity contribution in [2.24, 2.45) is 5.73 Å². The maximum Gasteiger partial charge on any atom is 0.221 e. The molecule has 142 valence electrons. The van der Waals surface area contributed by atoms with Crippen molar-refractivity contribution in [2.75, 3.05) is 39.5 Å². The molecular weight excluding hydrogens is 328 g/mol. The predicted molar refractivity (Wildman–Crippen MR) is 99.1 cm³/mol. The van der Waals surface area contributed by atoms with Crippen molar-refractivity contribution in [3.8, 4) is 0 Å². The molecule has 3 N–H and O–H groups in total. The lowest BCUT2D eigenvalue weighted by Gasteiger charge is -2.21. The summed E-state index contributed by atoms with van der Waals surface area (Å²) in [5.74, 6) is -0.0246. The molecule has 0 aliphatic heterocycles. The van der Waals surface area contributed by atoms with Crippen LogP contribution in [-0.2, 0) is 19.1 Å². The van der Waals surface area contributed by atoms with Gasteiger partial charge in [0.1, 0.15) is 0 Å². The Labute approximate surface area is 150 Å². The van der Waals surface area contributed by atoms with Crippen molar-refractivity contribution < 1.29 is 19.1 Å². The van der Waals surface area contributed by atoms with E-state index in [1.807, 2.05) is 13.8 Å². The van der Waals surface area contributed by atoms with Crippen LogP contribution in [0.5, 0.6) is 0 Å². The summed E-state index contributed by atoms with van der Waals surface area (Å²) in [5.41, 5.74) is 5.38. The summed E-state index contributed by atoms with van der Waals surface area (Å²) in [5, 5.41) is 2.90. The summed E-state index contributed by atoms with van der Waals surface area (Å²) < 4.78 is 10.6. The summed E-state index contributed by atoms with van der Waals surface area (Å²) in [6, 6.07) is 0. The minimum absolute atomic E-state index is 0.0246. The minimum Gasteiger partial charge on any atom is -0.381 e. The molecule has 0 aliphatic rings. The number of ether oxygens (including phenoxy) is 2. The zero-order valence-electron chi connectivity index (χ0n) is 15.4. The first kappa shape index (κ1) is 23.4. The van der Waals surface area contributed by atoms with Crippen molar-refractivity contribution in [3.63, 3.8) is 0 Å². The maximum atomic E-state index is 11.8. The third-order valence-electron chi connectivity index (χ3n) is 3.11. The van der Waals surface area contributed by atoms with E-state index in [1.54, 1.807) is 0 Å². The van der Waals surface area contributed by atoms with Crippen LogP contribution in [0.1, 0.15) is 52.9 Å². The molecular formula is C17H34N2O4S. The van der Waals surface area contributed by atoms with Gasteiger partial charge in [0.05, 0.1) is 0 Å². The molecule has 0 atom stereocenters. The maximum absolute atomic E-state index is 11.8. The lowest BCUT2D eigenvalue weighted by Crippen LogP contribution is -2.32. The number of hydrogen-bond acceptors (Lipinski definition) is 6. The van der Waals surface area contributed by atoms with E-state index in [0.717, 1.165) is 45.5 Å². The van der Waals surface area contributed by atoms with Crippen LogP contribution < -0.4 is 11.1 Å². The van der Waals surface area contributed by atoms with Crippen molar-refractivity contribution in [3.05, 3.63) is 0 Å². The number of amides is 1. The van der Waals surface area contributed by atoms with Crippen molar-refractivity contribution in [1.29, 1.82) is 0 Å². The smallest absolute Gasteiger partial charge is 0.221 e. The second kappa shape index (κ2) is 14.7. The van der Waals surface area contributed by atoms with Crippen molar-refractivity contribution >= 4 is 22.8 Å². The molecule has 0 radical (unpaired) electrons. The highest BCUT2D eigenvalue weighted by Crippen LogP contribution is 2.28. The number of thioether (sulfide) groups is 1. The molecule has 0 aromatic carbocycles. The molecule has 0 aliphatic carbocycles.